The maximum atomic E-state index is 6.07. The van der Waals surface area contributed by atoms with Crippen LogP contribution >= 0.6 is 11.6 Å². The minimum absolute atomic E-state index is 0.549. The molecule has 0 N–H and O–H groups in total. The van der Waals surface area contributed by atoms with Crippen LogP contribution in [0.1, 0.15) is 36.9 Å². The van der Waals surface area contributed by atoms with Crippen molar-refractivity contribution in [3.8, 4) is 0 Å². The van der Waals surface area contributed by atoms with Gasteiger partial charge in [0.15, 0.2) is 0 Å². The Balaban J connectivity index is 1.71. The van der Waals surface area contributed by atoms with Crippen molar-refractivity contribution in [2.45, 2.75) is 44.5 Å². The van der Waals surface area contributed by atoms with Gasteiger partial charge in [0.1, 0.15) is 0 Å². The summed E-state index contributed by atoms with van der Waals surface area (Å²) in [6.07, 6.45) is 7.37. The van der Waals surface area contributed by atoms with Crippen molar-refractivity contribution in [1.82, 2.24) is 9.88 Å². The number of rotatable bonds is 3. The first-order valence-corrected chi connectivity index (χ1v) is 8.32. The number of aryl methyl sites for hydroxylation is 1. The van der Waals surface area contributed by atoms with Crippen molar-refractivity contribution in [3.05, 3.63) is 23.5 Å². The van der Waals surface area contributed by atoms with Gasteiger partial charge in [0.2, 0.25) is 0 Å². The molecule has 0 bridgehead atoms. The van der Waals surface area contributed by atoms with Crippen LogP contribution in [-0.2, 0) is 5.88 Å². The number of alkyl halides is 1. The van der Waals surface area contributed by atoms with E-state index in [1.54, 1.807) is 0 Å². The summed E-state index contributed by atoms with van der Waals surface area (Å²) in [5, 5.41) is 0. The second-order valence-electron chi connectivity index (χ2n) is 6.07. The van der Waals surface area contributed by atoms with Crippen LogP contribution in [0.25, 0.3) is 0 Å². The Morgan fingerprint density at radius 1 is 1.25 bits per heavy atom. The standard InChI is InChI=1S/C16H24ClN3/c1-13-9-16(14(10-17)11-18-13)20-8-5-15(12-20)19-6-3-2-4-7-19/h9,11,15H,2-8,10,12H2,1H3. The number of hydrogen-bond acceptors (Lipinski definition) is 3. The van der Waals surface area contributed by atoms with Gasteiger partial charge in [0, 0.05) is 42.3 Å². The second kappa shape index (κ2) is 6.31. The number of halogens is 1. The molecule has 0 radical (unpaired) electrons. The molecule has 20 heavy (non-hydrogen) atoms. The van der Waals surface area contributed by atoms with Crippen LogP contribution in [0.2, 0.25) is 0 Å². The fourth-order valence-electron chi connectivity index (χ4n) is 3.51. The summed E-state index contributed by atoms with van der Waals surface area (Å²) in [7, 11) is 0. The molecule has 1 aromatic heterocycles. The van der Waals surface area contributed by atoms with E-state index in [1.807, 2.05) is 6.20 Å². The number of anilines is 1. The number of nitrogens with zero attached hydrogens (tertiary/aromatic N) is 3. The Bertz CT molecular complexity index is 457. The summed E-state index contributed by atoms with van der Waals surface area (Å²) in [6, 6.07) is 2.92. The molecule has 1 unspecified atom stereocenters. The lowest BCUT2D eigenvalue weighted by Gasteiger charge is -2.32. The van der Waals surface area contributed by atoms with Crippen molar-refractivity contribution in [1.29, 1.82) is 0 Å². The lowest BCUT2D eigenvalue weighted by Crippen LogP contribution is -2.41. The lowest BCUT2D eigenvalue weighted by atomic mass is 10.1. The highest BCUT2D eigenvalue weighted by Gasteiger charge is 2.29. The number of pyridine rings is 1. The van der Waals surface area contributed by atoms with Crippen LogP contribution in [0.4, 0.5) is 5.69 Å². The van der Waals surface area contributed by atoms with Crippen LogP contribution in [0.15, 0.2) is 12.3 Å². The number of hydrogen-bond donors (Lipinski definition) is 0. The first kappa shape index (κ1) is 14.2. The van der Waals surface area contributed by atoms with Crippen LogP contribution in [0, 0.1) is 6.92 Å². The summed E-state index contributed by atoms with van der Waals surface area (Å²) in [5.41, 5.74) is 3.54. The highest BCUT2D eigenvalue weighted by Crippen LogP contribution is 2.28. The number of piperidine rings is 1. The maximum absolute atomic E-state index is 6.07. The summed E-state index contributed by atoms with van der Waals surface area (Å²) >= 11 is 6.07. The van der Waals surface area contributed by atoms with Gasteiger partial charge >= 0.3 is 0 Å². The van der Waals surface area contributed by atoms with Gasteiger partial charge in [0.05, 0.1) is 5.88 Å². The molecule has 0 aliphatic carbocycles. The molecule has 0 amide bonds. The number of aromatic nitrogens is 1. The van der Waals surface area contributed by atoms with Gasteiger partial charge in [0.25, 0.3) is 0 Å². The molecular weight excluding hydrogens is 270 g/mol. The van der Waals surface area contributed by atoms with Gasteiger partial charge in [-0.3, -0.25) is 9.88 Å². The van der Waals surface area contributed by atoms with Gasteiger partial charge in [-0.25, -0.2) is 0 Å². The molecule has 3 heterocycles. The Hall–Kier alpha value is -0.800. The van der Waals surface area contributed by atoms with E-state index in [4.69, 9.17) is 11.6 Å². The van der Waals surface area contributed by atoms with E-state index >= 15 is 0 Å². The Kier molecular flexibility index (Phi) is 4.47. The molecule has 110 valence electrons. The minimum Gasteiger partial charge on any atom is -0.370 e. The fourth-order valence-corrected chi connectivity index (χ4v) is 3.72. The third-order valence-corrected chi connectivity index (χ3v) is 4.94. The molecule has 1 atom stereocenters. The Morgan fingerprint density at radius 2 is 2.05 bits per heavy atom. The molecule has 0 saturated carbocycles. The zero-order chi connectivity index (χ0) is 13.9. The summed E-state index contributed by atoms with van der Waals surface area (Å²) in [4.78, 5) is 9.57. The highest BCUT2D eigenvalue weighted by molar-refractivity contribution is 6.17. The highest BCUT2D eigenvalue weighted by atomic mass is 35.5. The first-order valence-electron chi connectivity index (χ1n) is 7.78. The minimum atomic E-state index is 0.549. The van der Waals surface area contributed by atoms with E-state index in [-0.39, 0.29) is 0 Å². The molecule has 2 aliphatic heterocycles. The van der Waals surface area contributed by atoms with E-state index in [2.05, 4.69) is 27.8 Å². The van der Waals surface area contributed by atoms with Crippen molar-refractivity contribution < 1.29 is 0 Å². The average molecular weight is 294 g/mol. The monoisotopic (exact) mass is 293 g/mol. The van der Waals surface area contributed by atoms with Crippen LogP contribution in [0.5, 0.6) is 0 Å². The predicted molar refractivity (Wildman–Crippen MR) is 84.6 cm³/mol. The molecule has 3 nitrogen and oxygen atoms in total. The zero-order valence-electron chi connectivity index (χ0n) is 12.3. The van der Waals surface area contributed by atoms with Gasteiger partial charge in [-0.1, -0.05) is 6.42 Å². The normalized spacial score (nSPS) is 24.3. The molecular formula is C16H24ClN3. The Morgan fingerprint density at radius 3 is 2.80 bits per heavy atom. The third kappa shape index (κ3) is 2.94. The third-order valence-electron chi connectivity index (χ3n) is 4.65. The SMILES string of the molecule is Cc1cc(N2CCC(N3CCCCC3)C2)c(CCl)cn1. The van der Waals surface area contributed by atoms with Crippen molar-refractivity contribution in [2.75, 3.05) is 31.1 Å². The maximum Gasteiger partial charge on any atom is 0.0509 e. The second-order valence-corrected chi connectivity index (χ2v) is 6.34. The molecule has 3 rings (SSSR count). The zero-order valence-corrected chi connectivity index (χ0v) is 13.1. The molecule has 4 heteroatoms. The Labute approximate surface area is 126 Å². The van der Waals surface area contributed by atoms with E-state index in [9.17, 15) is 0 Å². The molecule has 2 saturated heterocycles. The predicted octanol–water partition coefficient (Wildman–Crippen LogP) is 3.19. The molecule has 2 aliphatic rings. The molecule has 0 spiro atoms. The average Bonchev–Trinajstić information content (AvgIpc) is 2.98. The van der Waals surface area contributed by atoms with Crippen LogP contribution < -0.4 is 4.90 Å². The van der Waals surface area contributed by atoms with Crippen LogP contribution in [0.3, 0.4) is 0 Å². The first-order chi connectivity index (χ1) is 9.78. The topological polar surface area (TPSA) is 19.4 Å². The van der Waals surface area contributed by atoms with E-state index in [0.717, 1.165) is 30.4 Å². The smallest absolute Gasteiger partial charge is 0.0509 e. The van der Waals surface area contributed by atoms with Gasteiger partial charge in [-0.05, 0) is 45.3 Å². The van der Waals surface area contributed by atoms with Crippen molar-refractivity contribution in [3.63, 3.8) is 0 Å². The summed E-state index contributed by atoms with van der Waals surface area (Å²) in [6.45, 7) is 6.92. The van der Waals surface area contributed by atoms with Crippen molar-refractivity contribution >= 4 is 17.3 Å². The molecule has 0 aromatic carbocycles. The lowest BCUT2D eigenvalue weighted by molar-refractivity contribution is 0.175. The molecule has 1 aromatic rings. The quantitative estimate of drug-likeness (QED) is 0.798. The van der Waals surface area contributed by atoms with Crippen LogP contribution in [-0.4, -0.2) is 42.1 Å². The van der Waals surface area contributed by atoms with E-state index in [1.165, 1.54) is 44.5 Å². The largest absolute Gasteiger partial charge is 0.370 e. The van der Waals surface area contributed by atoms with Gasteiger partial charge in [-0.2, -0.15) is 0 Å². The molecule has 2 fully saturated rings. The fraction of sp³-hybridized carbons (Fsp3) is 0.688. The van der Waals surface area contributed by atoms with Crippen molar-refractivity contribution in [2.24, 2.45) is 0 Å². The summed E-state index contributed by atoms with van der Waals surface area (Å²) < 4.78 is 0. The summed E-state index contributed by atoms with van der Waals surface area (Å²) in [5.74, 6) is 0.549. The van der Waals surface area contributed by atoms with Gasteiger partial charge in [-0.15, -0.1) is 11.6 Å². The van der Waals surface area contributed by atoms with E-state index in [0.29, 0.717) is 5.88 Å². The van der Waals surface area contributed by atoms with E-state index < -0.39 is 0 Å². The number of likely N-dealkylation sites (tertiary alicyclic amines) is 1. The van der Waals surface area contributed by atoms with Gasteiger partial charge < -0.3 is 4.90 Å².